The zero-order chi connectivity index (χ0) is 14.7. The van der Waals surface area contributed by atoms with E-state index in [4.69, 9.17) is 11.6 Å². The van der Waals surface area contributed by atoms with Crippen molar-refractivity contribution in [2.75, 3.05) is 6.54 Å². The van der Waals surface area contributed by atoms with E-state index in [2.05, 4.69) is 22.8 Å². The van der Waals surface area contributed by atoms with E-state index in [0.717, 1.165) is 30.8 Å². The summed E-state index contributed by atoms with van der Waals surface area (Å²) in [6, 6.07) is 9.29. The van der Waals surface area contributed by atoms with E-state index in [0.29, 0.717) is 24.4 Å². The van der Waals surface area contributed by atoms with Crippen molar-refractivity contribution in [3.05, 3.63) is 34.9 Å². The Labute approximate surface area is 131 Å². The lowest BCUT2D eigenvalue weighted by molar-refractivity contribution is -0.121. The molecule has 0 aromatic heterocycles. The van der Waals surface area contributed by atoms with E-state index >= 15 is 0 Å². The molecule has 4 heteroatoms. The number of carbonyl (C=O) groups is 1. The van der Waals surface area contributed by atoms with Gasteiger partial charge >= 0.3 is 0 Å². The van der Waals surface area contributed by atoms with Crippen LogP contribution in [0.3, 0.4) is 0 Å². The number of benzene rings is 1. The van der Waals surface area contributed by atoms with Crippen molar-refractivity contribution in [2.45, 2.75) is 56.5 Å². The van der Waals surface area contributed by atoms with Crippen LogP contribution in [0.4, 0.5) is 0 Å². The minimum Gasteiger partial charge on any atom is -0.353 e. The predicted molar refractivity (Wildman–Crippen MR) is 85.6 cm³/mol. The van der Waals surface area contributed by atoms with Crippen LogP contribution in [0.2, 0.25) is 5.02 Å². The number of amides is 1. The van der Waals surface area contributed by atoms with Gasteiger partial charge in [0.1, 0.15) is 0 Å². The Morgan fingerprint density at radius 3 is 2.52 bits per heavy atom. The summed E-state index contributed by atoms with van der Waals surface area (Å²) in [6.45, 7) is 0.941. The van der Waals surface area contributed by atoms with Crippen LogP contribution in [0.1, 0.15) is 50.0 Å². The van der Waals surface area contributed by atoms with E-state index in [1.165, 1.54) is 18.4 Å². The van der Waals surface area contributed by atoms with Crippen molar-refractivity contribution in [1.82, 2.24) is 10.6 Å². The highest BCUT2D eigenvalue weighted by molar-refractivity contribution is 6.30. The minimum atomic E-state index is 0.215. The number of nitrogens with one attached hydrogen (secondary N) is 2. The van der Waals surface area contributed by atoms with Gasteiger partial charge < -0.3 is 10.6 Å². The minimum absolute atomic E-state index is 0.215. The maximum absolute atomic E-state index is 11.5. The first-order valence-electron chi connectivity index (χ1n) is 7.99. The third kappa shape index (κ3) is 4.45. The molecule has 2 N–H and O–H groups in total. The van der Waals surface area contributed by atoms with Gasteiger partial charge in [0.2, 0.25) is 5.91 Å². The monoisotopic (exact) mass is 306 g/mol. The fourth-order valence-electron chi connectivity index (χ4n) is 2.87. The fraction of sp³-hybridized carbons (Fsp3) is 0.588. The largest absolute Gasteiger partial charge is 0.353 e. The van der Waals surface area contributed by atoms with Gasteiger partial charge in [0.25, 0.3) is 0 Å². The Morgan fingerprint density at radius 1 is 1.14 bits per heavy atom. The summed E-state index contributed by atoms with van der Waals surface area (Å²) in [6.07, 6.45) is 6.29. The summed E-state index contributed by atoms with van der Waals surface area (Å²) in [4.78, 5) is 11.5. The Morgan fingerprint density at radius 2 is 1.86 bits per heavy atom. The van der Waals surface area contributed by atoms with Crippen LogP contribution >= 0.6 is 11.6 Å². The molecule has 3 nitrogen and oxygen atoms in total. The average Bonchev–Trinajstić information content (AvgIpc) is 3.22. The summed E-state index contributed by atoms with van der Waals surface area (Å²) < 4.78 is 0. The van der Waals surface area contributed by atoms with E-state index < -0.39 is 0 Å². The maximum atomic E-state index is 11.5. The molecule has 0 unspecified atom stereocenters. The molecule has 3 rings (SSSR count). The van der Waals surface area contributed by atoms with Crippen LogP contribution in [0.15, 0.2) is 24.3 Å². The molecule has 0 bridgehead atoms. The zero-order valence-electron chi connectivity index (χ0n) is 12.3. The second-order valence-electron chi connectivity index (χ2n) is 6.32. The smallest absolute Gasteiger partial charge is 0.220 e. The molecule has 0 saturated heterocycles. The fourth-order valence-corrected chi connectivity index (χ4v) is 3.00. The summed E-state index contributed by atoms with van der Waals surface area (Å²) >= 11 is 5.91. The Balaban J connectivity index is 1.26. The number of hydrogen-bond acceptors (Lipinski definition) is 2. The predicted octanol–water partition coefficient (Wildman–Crippen LogP) is 3.23. The quantitative estimate of drug-likeness (QED) is 0.759. The zero-order valence-corrected chi connectivity index (χ0v) is 13.0. The standard InChI is InChI=1S/C17H23ClN2O/c18-14-5-3-12(4-6-14)13-10-16(11-13)19-9-1-2-17(21)20-15-7-8-15/h3-6,13,15-16,19H,1-2,7-11H2,(H,20,21). The second kappa shape index (κ2) is 6.80. The maximum Gasteiger partial charge on any atom is 0.220 e. The number of hydrogen-bond donors (Lipinski definition) is 2. The van der Waals surface area contributed by atoms with Gasteiger partial charge in [-0.25, -0.2) is 0 Å². The Bertz CT molecular complexity index is 478. The molecule has 21 heavy (non-hydrogen) atoms. The molecule has 1 aromatic carbocycles. The third-order valence-corrected chi connectivity index (χ3v) is 4.69. The van der Waals surface area contributed by atoms with Gasteiger partial charge in [-0.3, -0.25) is 4.79 Å². The second-order valence-corrected chi connectivity index (χ2v) is 6.75. The van der Waals surface area contributed by atoms with Crippen molar-refractivity contribution < 1.29 is 4.79 Å². The van der Waals surface area contributed by atoms with Gasteiger partial charge in [-0.1, -0.05) is 23.7 Å². The highest BCUT2D eigenvalue weighted by atomic mass is 35.5. The lowest BCUT2D eigenvalue weighted by atomic mass is 9.76. The van der Waals surface area contributed by atoms with Crippen molar-refractivity contribution >= 4 is 17.5 Å². The van der Waals surface area contributed by atoms with Gasteiger partial charge in [-0.05, 0) is 62.3 Å². The van der Waals surface area contributed by atoms with E-state index in [1.54, 1.807) is 0 Å². The molecule has 1 amide bonds. The summed E-state index contributed by atoms with van der Waals surface area (Å²) in [5.74, 6) is 0.880. The molecule has 0 radical (unpaired) electrons. The van der Waals surface area contributed by atoms with Crippen LogP contribution in [0.25, 0.3) is 0 Å². The van der Waals surface area contributed by atoms with Gasteiger partial charge in [0.05, 0.1) is 0 Å². The van der Waals surface area contributed by atoms with Gasteiger partial charge in [-0.2, -0.15) is 0 Å². The Hall–Kier alpha value is -1.06. The summed E-state index contributed by atoms with van der Waals surface area (Å²) in [5, 5.41) is 7.38. The number of halogens is 1. The topological polar surface area (TPSA) is 41.1 Å². The van der Waals surface area contributed by atoms with Gasteiger partial charge in [0, 0.05) is 23.5 Å². The van der Waals surface area contributed by atoms with Crippen molar-refractivity contribution in [2.24, 2.45) is 0 Å². The van der Waals surface area contributed by atoms with Crippen molar-refractivity contribution in [1.29, 1.82) is 0 Å². The first-order chi connectivity index (χ1) is 10.2. The number of rotatable bonds is 7. The normalized spacial score (nSPS) is 24.4. The Kier molecular flexibility index (Phi) is 4.81. The first kappa shape index (κ1) is 14.9. The van der Waals surface area contributed by atoms with Crippen molar-refractivity contribution in [3.8, 4) is 0 Å². The van der Waals surface area contributed by atoms with Gasteiger partial charge in [-0.15, -0.1) is 0 Å². The molecular formula is C17H23ClN2O. The molecular weight excluding hydrogens is 284 g/mol. The molecule has 2 fully saturated rings. The van der Waals surface area contributed by atoms with Crippen LogP contribution in [-0.4, -0.2) is 24.5 Å². The molecule has 2 aliphatic carbocycles. The first-order valence-corrected chi connectivity index (χ1v) is 8.37. The lowest BCUT2D eigenvalue weighted by Gasteiger charge is -2.36. The third-order valence-electron chi connectivity index (χ3n) is 4.44. The average molecular weight is 307 g/mol. The lowest BCUT2D eigenvalue weighted by Crippen LogP contribution is -2.40. The van der Waals surface area contributed by atoms with E-state index in [9.17, 15) is 4.79 Å². The van der Waals surface area contributed by atoms with Gasteiger partial charge in [0.15, 0.2) is 0 Å². The highest BCUT2D eigenvalue weighted by Crippen LogP contribution is 2.37. The van der Waals surface area contributed by atoms with E-state index in [1.807, 2.05) is 12.1 Å². The molecule has 2 saturated carbocycles. The molecule has 114 valence electrons. The van der Waals surface area contributed by atoms with Crippen LogP contribution < -0.4 is 10.6 Å². The number of carbonyl (C=O) groups excluding carboxylic acids is 1. The van der Waals surface area contributed by atoms with E-state index in [-0.39, 0.29) is 5.91 Å². The van der Waals surface area contributed by atoms with Crippen LogP contribution in [-0.2, 0) is 4.79 Å². The SMILES string of the molecule is O=C(CCCNC1CC(c2ccc(Cl)cc2)C1)NC1CC1. The molecule has 1 aromatic rings. The van der Waals surface area contributed by atoms with Crippen molar-refractivity contribution in [3.63, 3.8) is 0 Å². The molecule has 0 atom stereocenters. The molecule has 2 aliphatic rings. The molecule has 0 spiro atoms. The van der Waals surface area contributed by atoms with Crippen LogP contribution in [0.5, 0.6) is 0 Å². The highest BCUT2D eigenvalue weighted by Gasteiger charge is 2.29. The molecule has 0 aliphatic heterocycles. The van der Waals surface area contributed by atoms with Crippen LogP contribution in [0, 0.1) is 0 Å². The molecule has 0 heterocycles. The summed E-state index contributed by atoms with van der Waals surface area (Å²) in [7, 11) is 0. The summed E-state index contributed by atoms with van der Waals surface area (Å²) in [5.41, 5.74) is 1.39.